The molecule has 0 bridgehead atoms. The van der Waals surface area contributed by atoms with Crippen molar-refractivity contribution in [1.82, 2.24) is 9.78 Å². The van der Waals surface area contributed by atoms with Crippen molar-refractivity contribution in [2.24, 2.45) is 11.7 Å². The molecule has 2 aliphatic rings. The molecular formula is C22H22F3N5O3S. The molecule has 34 heavy (non-hydrogen) atoms. The highest BCUT2D eigenvalue weighted by Crippen LogP contribution is 2.44. The molecule has 0 saturated heterocycles. The fraction of sp³-hybridized carbons (Fsp3) is 0.409. The Labute approximate surface area is 196 Å². The number of nitrogens with zero attached hydrogens (tertiary/aromatic N) is 2. The van der Waals surface area contributed by atoms with Gasteiger partial charge >= 0.3 is 6.18 Å². The van der Waals surface area contributed by atoms with E-state index < -0.39 is 30.1 Å². The first-order chi connectivity index (χ1) is 16.1. The third kappa shape index (κ3) is 3.95. The van der Waals surface area contributed by atoms with E-state index >= 15 is 0 Å². The van der Waals surface area contributed by atoms with Crippen molar-refractivity contribution in [2.75, 3.05) is 10.6 Å². The average Bonchev–Trinajstić information content (AvgIpc) is 3.49. The van der Waals surface area contributed by atoms with Gasteiger partial charge in [0, 0.05) is 17.4 Å². The van der Waals surface area contributed by atoms with Crippen LogP contribution in [0.15, 0.2) is 28.9 Å². The molecule has 1 aliphatic heterocycles. The molecule has 3 aromatic rings. The van der Waals surface area contributed by atoms with Crippen molar-refractivity contribution < 1.29 is 27.2 Å². The first kappa shape index (κ1) is 22.5. The minimum absolute atomic E-state index is 0.0505. The Kier molecular flexibility index (Phi) is 5.42. The summed E-state index contributed by atoms with van der Waals surface area (Å²) >= 11 is 1.28. The van der Waals surface area contributed by atoms with Crippen molar-refractivity contribution in [3.63, 3.8) is 0 Å². The highest BCUT2D eigenvalue weighted by molar-refractivity contribution is 7.17. The second-order valence-corrected chi connectivity index (χ2v) is 9.84. The number of thiophene rings is 1. The number of carbonyl (C=O) groups excluding carboxylic acids is 2. The molecule has 4 N–H and O–H groups in total. The molecule has 0 spiro atoms. The van der Waals surface area contributed by atoms with Gasteiger partial charge in [-0.15, -0.1) is 11.3 Å². The minimum atomic E-state index is -4.58. The van der Waals surface area contributed by atoms with Crippen LogP contribution in [0.5, 0.6) is 0 Å². The Morgan fingerprint density at radius 3 is 2.85 bits per heavy atom. The number of halogens is 3. The van der Waals surface area contributed by atoms with Gasteiger partial charge in [-0.1, -0.05) is 6.92 Å². The number of nitrogens with one attached hydrogen (secondary N) is 2. The molecule has 8 nitrogen and oxygen atoms in total. The minimum Gasteiger partial charge on any atom is -0.467 e. The fourth-order valence-corrected chi connectivity index (χ4v) is 6.04. The van der Waals surface area contributed by atoms with Gasteiger partial charge in [-0.05, 0) is 42.9 Å². The topological polar surface area (TPSA) is 115 Å². The monoisotopic (exact) mass is 493 g/mol. The summed E-state index contributed by atoms with van der Waals surface area (Å²) in [7, 11) is 0. The summed E-state index contributed by atoms with van der Waals surface area (Å²) in [5.41, 5.74) is 6.50. The third-order valence-corrected chi connectivity index (χ3v) is 7.46. The van der Waals surface area contributed by atoms with E-state index in [-0.39, 0.29) is 23.5 Å². The largest absolute Gasteiger partial charge is 0.467 e. The molecule has 1 aliphatic carbocycles. The van der Waals surface area contributed by atoms with Gasteiger partial charge in [0.1, 0.15) is 16.6 Å². The number of furan rings is 1. The summed E-state index contributed by atoms with van der Waals surface area (Å²) in [6.07, 6.45) is -1.15. The summed E-state index contributed by atoms with van der Waals surface area (Å²) in [6, 6.07) is 1.80. The maximum Gasteiger partial charge on any atom is 0.410 e. The Morgan fingerprint density at radius 1 is 1.38 bits per heavy atom. The number of rotatable bonds is 4. The SMILES string of the molecule is C[C@H]1CCc2c(sc(NC(=O)c3cc4n(n3)[C@H](C(F)(F)F)C[C@@H](c3ccco3)N4)c2C(N)=O)C1. The number of aromatic nitrogens is 2. The van der Waals surface area contributed by atoms with Crippen LogP contribution in [0.3, 0.4) is 0 Å². The first-order valence-corrected chi connectivity index (χ1v) is 11.7. The van der Waals surface area contributed by atoms with Crippen LogP contribution in [0.25, 0.3) is 0 Å². The van der Waals surface area contributed by atoms with Gasteiger partial charge in [-0.3, -0.25) is 9.59 Å². The van der Waals surface area contributed by atoms with Crippen molar-refractivity contribution in [3.05, 3.63) is 51.9 Å². The molecule has 0 aromatic carbocycles. The molecular weight excluding hydrogens is 471 g/mol. The van der Waals surface area contributed by atoms with Gasteiger partial charge in [0.25, 0.3) is 11.8 Å². The van der Waals surface area contributed by atoms with E-state index in [9.17, 15) is 22.8 Å². The Balaban J connectivity index is 1.45. The van der Waals surface area contributed by atoms with Crippen LogP contribution >= 0.6 is 11.3 Å². The van der Waals surface area contributed by atoms with Crippen LogP contribution in [-0.4, -0.2) is 27.8 Å². The van der Waals surface area contributed by atoms with Crippen LogP contribution in [0.4, 0.5) is 24.0 Å². The van der Waals surface area contributed by atoms with E-state index in [1.807, 2.05) is 0 Å². The summed E-state index contributed by atoms with van der Waals surface area (Å²) < 4.78 is 47.5. The molecule has 3 atom stereocenters. The molecule has 180 valence electrons. The van der Waals surface area contributed by atoms with Gasteiger partial charge < -0.3 is 20.8 Å². The lowest BCUT2D eigenvalue weighted by atomic mass is 9.88. The van der Waals surface area contributed by atoms with Gasteiger partial charge in [-0.2, -0.15) is 18.3 Å². The van der Waals surface area contributed by atoms with Gasteiger partial charge in [-0.25, -0.2) is 4.68 Å². The quantitative estimate of drug-likeness (QED) is 0.488. The summed E-state index contributed by atoms with van der Waals surface area (Å²) in [4.78, 5) is 26.1. The smallest absolute Gasteiger partial charge is 0.410 e. The zero-order valence-electron chi connectivity index (χ0n) is 18.1. The molecule has 2 amide bonds. The van der Waals surface area contributed by atoms with Crippen LogP contribution in [-0.2, 0) is 12.8 Å². The second kappa shape index (κ2) is 8.19. The van der Waals surface area contributed by atoms with Crippen LogP contribution in [0.1, 0.15) is 68.9 Å². The first-order valence-electron chi connectivity index (χ1n) is 10.8. The number of anilines is 2. The predicted octanol–water partition coefficient (Wildman–Crippen LogP) is 4.67. The number of amides is 2. The average molecular weight is 494 g/mol. The molecule has 0 saturated carbocycles. The maximum absolute atomic E-state index is 13.8. The van der Waals surface area contributed by atoms with Gasteiger partial charge in [0.05, 0.1) is 17.9 Å². The standard InChI is InChI=1S/C22H22F3N5O3S/c1-10-4-5-11-15(7-10)34-21(18(11)19(26)31)28-20(32)13-9-17-27-12(14-3-2-6-33-14)8-16(22(23,24)25)30(17)29-13/h2-3,6,9-10,12,16,27H,4-5,7-8H2,1H3,(H2,26,31)(H,28,32)/t10-,12-,16-/m0/s1. The highest BCUT2D eigenvalue weighted by atomic mass is 32.1. The lowest BCUT2D eigenvalue weighted by molar-refractivity contribution is -0.174. The normalized spacial score (nSPS) is 21.9. The number of fused-ring (bicyclic) bond motifs is 2. The van der Waals surface area contributed by atoms with E-state index in [0.29, 0.717) is 23.1 Å². The second-order valence-electron chi connectivity index (χ2n) is 8.74. The van der Waals surface area contributed by atoms with Crippen LogP contribution < -0.4 is 16.4 Å². The zero-order chi connectivity index (χ0) is 24.2. The van der Waals surface area contributed by atoms with Gasteiger partial charge in [0.15, 0.2) is 11.7 Å². The van der Waals surface area contributed by atoms with Crippen molar-refractivity contribution in [1.29, 1.82) is 0 Å². The third-order valence-electron chi connectivity index (χ3n) is 6.29. The van der Waals surface area contributed by atoms with Crippen molar-refractivity contribution in [2.45, 2.75) is 50.9 Å². The summed E-state index contributed by atoms with van der Waals surface area (Å²) in [5.74, 6) is -0.505. The molecule has 0 radical (unpaired) electrons. The number of alkyl halides is 3. The van der Waals surface area contributed by atoms with E-state index in [2.05, 4.69) is 22.7 Å². The number of carbonyl (C=O) groups is 2. The molecule has 4 heterocycles. The molecule has 0 unspecified atom stereocenters. The van der Waals surface area contributed by atoms with E-state index in [4.69, 9.17) is 10.2 Å². The number of primary amides is 1. The van der Waals surface area contributed by atoms with E-state index in [1.165, 1.54) is 23.7 Å². The molecule has 3 aromatic heterocycles. The zero-order valence-corrected chi connectivity index (χ0v) is 18.9. The Morgan fingerprint density at radius 2 is 2.18 bits per heavy atom. The molecule has 5 rings (SSSR count). The van der Waals surface area contributed by atoms with E-state index in [0.717, 1.165) is 28.0 Å². The maximum atomic E-state index is 13.8. The number of hydrogen-bond acceptors (Lipinski definition) is 6. The Bertz CT molecular complexity index is 1250. The Hall–Kier alpha value is -3.28. The van der Waals surface area contributed by atoms with E-state index in [1.54, 1.807) is 12.1 Å². The number of hydrogen-bond donors (Lipinski definition) is 3. The lowest BCUT2D eigenvalue weighted by Gasteiger charge is -2.32. The van der Waals surface area contributed by atoms with Crippen LogP contribution in [0, 0.1) is 5.92 Å². The fourth-order valence-electron chi connectivity index (χ4n) is 4.63. The highest BCUT2D eigenvalue weighted by Gasteiger charge is 2.47. The predicted molar refractivity (Wildman–Crippen MR) is 119 cm³/mol. The van der Waals surface area contributed by atoms with Crippen molar-refractivity contribution >= 4 is 34.0 Å². The van der Waals surface area contributed by atoms with Crippen molar-refractivity contribution in [3.8, 4) is 0 Å². The number of nitrogens with two attached hydrogens (primary N) is 1. The van der Waals surface area contributed by atoms with Gasteiger partial charge in [0.2, 0.25) is 0 Å². The molecule has 0 fully saturated rings. The lowest BCUT2D eigenvalue weighted by Crippen LogP contribution is -2.35. The summed E-state index contributed by atoms with van der Waals surface area (Å²) in [5, 5.41) is 9.89. The molecule has 12 heteroatoms. The van der Waals surface area contributed by atoms with Crippen LogP contribution in [0.2, 0.25) is 0 Å². The summed E-state index contributed by atoms with van der Waals surface area (Å²) in [6.45, 7) is 2.11.